The van der Waals surface area contributed by atoms with Crippen LogP contribution >= 0.6 is 60.4 Å². The molecule has 8 N–H and O–H groups in total. The number of ketones is 2. The fourth-order valence-corrected chi connectivity index (χ4v) is 4.45. The second-order valence-electron chi connectivity index (χ2n) is 10.2. The van der Waals surface area contributed by atoms with E-state index in [0.717, 1.165) is 35.9 Å². The van der Waals surface area contributed by atoms with E-state index in [0.29, 0.717) is 33.3 Å². The van der Waals surface area contributed by atoms with Crippen LogP contribution in [0, 0.1) is 30.2 Å². The first-order valence-electron chi connectivity index (χ1n) is 14.5. The Kier molecular flexibility index (Phi) is 23.5. The van der Waals surface area contributed by atoms with Crippen molar-refractivity contribution in [1.82, 2.24) is 10.2 Å². The van der Waals surface area contributed by atoms with E-state index < -0.39 is 58.5 Å². The number of hydrogen-bond donors (Lipinski definition) is 4. The van der Waals surface area contributed by atoms with Crippen LogP contribution in [0.2, 0.25) is 10.0 Å². The third-order valence-corrected chi connectivity index (χ3v) is 6.76. The number of aromatic nitrogens is 2. The first kappa shape index (κ1) is 51.6. The van der Waals surface area contributed by atoms with Crippen molar-refractivity contribution in [2.45, 2.75) is 20.3 Å². The van der Waals surface area contributed by atoms with E-state index in [1.54, 1.807) is 50.2 Å². The number of carboxylic acid groups (broad SMARTS) is 1. The number of benzene rings is 4. The molecule has 0 atom stereocenters. The Morgan fingerprint density at radius 1 is 0.727 bits per heavy atom. The summed E-state index contributed by atoms with van der Waals surface area (Å²) in [4.78, 5) is 43.8. The van der Waals surface area contributed by atoms with Gasteiger partial charge < -0.3 is 10.6 Å². The first-order valence-corrected chi connectivity index (χ1v) is 23.9. The van der Waals surface area contributed by atoms with Crippen LogP contribution in [0.1, 0.15) is 28.5 Å². The number of aromatic amines is 1. The summed E-state index contributed by atoms with van der Waals surface area (Å²) in [5.41, 5.74) is 0.281. The monoisotopic (exact) mass is 924 g/mol. The van der Waals surface area contributed by atoms with Gasteiger partial charge in [-0.1, -0.05) is 59.6 Å². The van der Waals surface area contributed by atoms with Gasteiger partial charge in [-0.25, -0.2) is 27.5 Å². The molecule has 0 unspecified atom stereocenters. The molecule has 0 aliphatic rings. The van der Waals surface area contributed by atoms with Gasteiger partial charge in [0.25, 0.3) is 11.3 Å². The van der Waals surface area contributed by atoms with Gasteiger partial charge >= 0.3 is 55.5 Å². The number of aliphatic carboxylic acids is 1. The molecule has 5 rings (SSSR count). The second kappa shape index (κ2) is 25.0. The third kappa shape index (κ3) is 18.0. The maximum absolute atomic E-state index is 14.2. The van der Waals surface area contributed by atoms with Crippen LogP contribution in [0.25, 0.3) is 22.3 Å². The molecule has 0 saturated carbocycles. The van der Waals surface area contributed by atoms with Gasteiger partial charge in [-0.05, 0) is 73.5 Å². The van der Waals surface area contributed by atoms with E-state index in [4.69, 9.17) is 65.5 Å². The third-order valence-electron chi connectivity index (χ3n) is 6.26. The van der Waals surface area contributed by atoms with Gasteiger partial charge in [-0.3, -0.25) is 26.1 Å². The number of nitrogens with two attached hydrogens (primary N) is 2. The molecule has 5 aromatic rings. The summed E-state index contributed by atoms with van der Waals surface area (Å²) in [6, 6.07) is 20.1. The normalized spacial score (nSPS) is 9.93. The van der Waals surface area contributed by atoms with Crippen molar-refractivity contribution < 1.29 is 54.9 Å². The summed E-state index contributed by atoms with van der Waals surface area (Å²) in [5.74, 6) is 0.736. The van der Waals surface area contributed by atoms with Gasteiger partial charge in [-0.2, -0.15) is 5.10 Å². The Hall–Kier alpha value is -3.38. The quantitative estimate of drug-likeness (QED) is 0.0323. The van der Waals surface area contributed by atoms with Gasteiger partial charge in [0.05, 0.1) is 16.8 Å². The number of halogens is 10. The molecule has 1 aromatic heterocycles. The molecular formula is C34H30Cl6F4N4O6Ti. The van der Waals surface area contributed by atoms with Crippen molar-refractivity contribution in [3.63, 3.8) is 0 Å². The van der Waals surface area contributed by atoms with Crippen molar-refractivity contribution in [2.24, 2.45) is 11.7 Å². The zero-order valence-electron chi connectivity index (χ0n) is 28.3. The fraction of sp³-hybridized carbons (Fsp3) is 0.0882. The number of H-pyrrole nitrogens is 1. The molecule has 0 saturated heterocycles. The summed E-state index contributed by atoms with van der Waals surface area (Å²) in [7, 11) is 20.1. The van der Waals surface area contributed by atoms with E-state index in [1.165, 1.54) is 6.07 Å². The van der Waals surface area contributed by atoms with E-state index in [1.807, 2.05) is 12.1 Å². The number of aryl methyl sites for hydroxylation is 1. The molecule has 0 aliphatic heterocycles. The van der Waals surface area contributed by atoms with Gasteiger partial charge in [0.15, 0.2) is 0 Å². The van der Waals surface area contributed by atoms with Crippen LogP contribution in [0.4, 0.5) is 17.6 Å². The fourth-order valence-electron chi connectivity index (χ4n) is 4.20. The number of nitrogens with one attached hydrogen (secondary N) is 1. The van der Waals surface area contributed by atoms with Crippen LogP contribution in [0.5, 0.6) is 0 Å². The van der Waals surface area contributed by atoms with Crippen LogP contribution in [0.3, 0.4) is 0 Å². The van der Waals surface area contributed by atoms with Crippen molar-refractivity contribution in [1.29, 1.82) is 0 Å². The zero-order valence-corrected chi connectivity index (χ0v) is 34.3. The summed E-state index contributed by atoms with van der Waals surface area (Å²) in [6.45, 7) is 3.23. The molecule has 21 heteroatoms. The minimum absolute atomic E-state index is 0. The number of rotatable bonds is 6. The van der Waals surface area contributed by atoms with Gasteiger partial charge in [0.2, 0.25) is 0 Å². The number of Topliss-reactive ketones (excluding diaryl/α,β-unsaturated/α-hetero) is 2. The van der Waals surface area contributed by atoms with Gasteiger partial charge in [0.1, 0.15) is 34.6 Å². The number of hydrazine groups is 1. The second-order valence-corrected chi connectivity index (χ2v) is 26.5. The zero-order chi connectivity index (χ0) is 41.3. The van der Waals surface area contributed by atoms with E-state index in [9.17, 15) is 36.7 Å². The summed E-state index contributed by atoms with van der Waals surface area (Å²) >= 11 is 8.43. The molecule has 55 heavy (non-hydrogen) atoms. The molecule has 1 heterocycles. The Bertz CT molecular complexity index is 2060. The Morgan fingerprint density at radius 3 is 1.53 bits per heavy atom. The molecule has 10 nitrogen and oxygen atoms in total. The number of carbonyl (C=O) groups excluding carboxylic acids is 2. The first-order chi connectivity index (χ1) is 25.2. The van der Waals surface area contributed by atoms with Gasteiger partial charge in [-0.15, -0.1) is 0 Å². The molecule has 4 aromatic carbocycles. The van der Waals surface area contributed by atoms with Crippen molar-refractivity contribution in [3.8, 4) is 22.3 Å². The van der Waals surface area contributed by atoms with Crippen LogP contribution in [-0.2, 0) is 28.4 Å². The average Bonchev–Trinajstić information content (AvgIpc) is 3.08. The molecular weight excluding hydrogens is 897 g/mol. The minimum atomic E-state index is -3.11. The molecule has 296 valence electrons. The number of carboxylic acids is 1. The molecule has 0 bridgehead atoms. The van der Waals surface area contributed by atoms with E-state index in [2.05, 4.69) is 21.9 Å². The summed E-state index contributed by atoms with van der Waals surface area (Å²) in [5, 5.41) is 15.6. The predicted octanol–water partition coefficient (Wildman–Crippen LogP) is 8.80. The van der Waals surface area contributed by atoms with Gasteiger partial charge in [0, 0.05) is 22.0 Å². The van der Waals surface area contributed by atoms with Crippen LogP contribution in [0.15, 0.2) is 89.7 Å². The van der Waals surface area contributed by atoms with E-state index >= 15 is 0 Å². The van der Waals surface area contributed by atoms with Crippen molar-refractivity contribution >= 4 is 78.0 Å². The SMILES string of the molecule is CC(=O)Cc1ccc(Cl)cc1.Cc1n[nH]c(=O)c(-c2c(F)cccc2F)c1-c1ccc(Cl)cc1.NN.O.O=C(O)C(=O)c1c(F)cccc1F.[Cl][Ti]([Cl])([Cl])[Cl]. The van der Waals surface area contributed by atoms with Crippen LogP contribution in [-0.4, -0.2) is 38.3 Å². The molecule has 0 aliphatic carbocycles. The Balaban J connectivity index is 0.000000777. The van der Waals surface area contributed by atoms with Crippen molar-refractivity contribution in [3.05, 3.63) is 145 Å². The maximum atomic E-state index is 14.2. The Labute approximate surface area is 340 Å². The number of nitrogens with zero attached hydrogens (tertiary/aromatic N) is 1. The molecule has 0 spiro atoms. The van der Waals surface area contributed by atoms with Crippen LogP contribution < -0.4 is 17.2 Å². The molecule has 0 radical (unpaired) electrons. The van der Waals surface area contributed by atoms with Crippen molar-refractivity contribution in [2.75, 3.05) is 0 Å². The summed E-state index contributed by atoms with van der Waals surface area (Å²) < 4.78 is 53.8. The number of hydrogen-bond acceptors (Lipinski definition) is 7. The standard InChI is InChI=1S/C17H11ClF2N2O.C9H9ClO.C8H4F2O3.4ClH.H4N2.H2O.Ti/c1-9-14(10-5-7-11(18)8-6-10)16(17(23)22-21-9)15-12(19)3-2-4-13(15)20;1-7(11)6-8-2-4-9(10)5-3-8;9-4-2-1-3-5(10)6(4)7(11)8(12)13;;;;;1-2;;/h2-8H,1H3,(H,22,23);2-5H,6H2,1H3;1-3H,(H,12,13);4*1H;1-2H2;1H2;/q;;;;;;;;;+4/p-4. The average molecular weight is 927 g/mol. The molecule has 0 amide bonds. The van der Waals surface area contributed by atoms with E-state index in [-0.39, 0.29) is 22.4 Å². The predicted molar refractivity (Wildman–Crippen MR) is 205 cm³/mol. The molecule has 0 fully saturated rings. The Morgan fingerprint density at radius 2 is 1.13 bits per heavy atom. The summed E-state index contributed by atoms with van der Waals surface area (Å²) in [6.07, 6.45) is 0.497. The topological polar surface area (TPSA) is 201 Å². The number of carbonyl (C=O) groups is 3.